The Morgan fingerprint density at radius 2 is 1.74 bits per heavy atom. The van der Waals surface area contributed by atoms with E-state index in [9.17, 15) is 8.42 Å². The molecule has 2 rings (SSSR count). The molecule has 0 atom stereocenters. The van der Waals surface area contributed by atoms with Gasteiger partial charge in [-0.3, -0.25) is 0 Å². The molecule has 0 aliphatic heterocycles. The van der Waals surface area contributed by atoms with Crippen molar-refractivity contribution in [1.82, 2.24) is 0 Å². The largest absolute Gasteiger partial charge is 0.477 e. The molecule has 0 aromatic heterocycles. The average molecular weight is 396 g/mol. The summed E-state index contributed by atoms with van der Waals surface area (Å²) in [6, 6.07) is 15.4. The Hall–Kier alpha value is -1.66. The topological polar surface area (TPSA) is 55.7 Å². The van der Waals surface area contributed by atoms with E-state index in [1.165, 1.54) is 12.1 Å². The minimum Gasteiger partial charge on any atom is -0.477 e. The van der Waals surface area contributed by atoms with E-state index in [1.54, 1.807) is 24.3 Å². The second-order valence-corrected chi connectivity index (χ2v) is 7.41. The van der Waals surface area contributed by atoms with Gasteiger partial charge in [0.05, 0.1) is 11.5 Å². The van der Waals surface area contributed by atoms with Gasteiger partial charge in [-0.25, -0.2) is 0 Å². The summed E-state index contributed by atoms with van der Waals surface area (Å²) >= 11 is 3.29. The predicted octanol–water partition coefficient (Wildman–Crippen LogP) is 4.40. The molecule has 0 N–H and O–H groups in total. The summed E-state index contributed by atoms with van der Waals surface area (Å²) in [6.45, 7) is 2.47. The second kappa shape index (κ2) is 8.26. The van der Waals surface area contributed by atoms with Gasteiger partial charge < -0.3 is 4.74 Å². The van der Waals surface area contributed by atoms with Gasteiger partial charge in [-0.1, -0.05) is 47.5 Å². The molecular formula is C17H18BrNO3S. The van der Waals surface area contributed by atoms with Crippen LogP contribution in [0.15, 0.2) is 68.4 Å². The molecule has 0 aliphatic carbocycles. The number of benzene rings is 2. The lowest BCUT2D eigenvalue weighted by Gasteiger charge is -2.09. The molecule has 0 saturated heterocycles. The third kappa shape index (κ3) is 5.18. The molecule has 2 aromatic carbocycles. The van der Waals surface area contributed by atoms with Gasteiger partial charge in [-0.2, -0.15) is 8.42 Å². The van der Waals surface area contributed by atoms with Crippen molar-refractivity contribution in [2.24, 2.45) is 4.40 Å². The summed E-state index contributed by atoms with van der Waals surface area (Å²) in [4.78, 5) is 0.133. The highest BCUT2D eigenvalue weighted by Gasteiger charge is 2.16. The Labute approximate surface area is 145 Å². The molecule has 0 spiro atoms. The monoisotopic (exact) mass is 395 g/mol. The first-order chi connectivity index (χ1) is 11.0. The van der Waals surface area contributed by atoms with E-state index in [4.69, 9.17) is 4.74 Å². The van der Waals surface area contributed by atoms with Gasteiger partial charge in [0.15, 0.2) is 0 Å². The van der Waals surface area contributed by atoms with E-state index in [2.05, 4.69) is 20.3 Å². The maximum Gasteiger partial charge on any atom is 0.285 e. The molecule has 0 radical (unpaired) electrons. The lowest BCUT2D eigenvalue weighted by Crippen LogP contribution is -2.11. The van der Waals surface area contributed by atoms with Crippen LogP contribution in [0.5, 0.6) is 0 Å². The smallest absolute Gasteiger partial charge is 0.285 e. The molecule has 23 heavy (non-hydrogen) atoms. The Kier molecular flexibility index (Phi) is 6.36. The molecule has 122 valence electrons. The summed E-state index contributed by atoms with van der Waals surface area (Å²) in [5, 5.41) is 0. The highest BCUT2D eigenvalue weighted by atomic mass is 79.9. The Balaban J connectivity index is 2.36. The van der Waals surface area contributed by atoms with Gasteiger partial charge in [-0.15, -0.1) is 4.40 Å². The van der Waals surface area contributed by atoms with Gasteiger partial charge in [-0.05, 0) is 42.8 Å². The molecule has 2 aromatic rings. The van der Waals surface area contributed by atoms with Crippen LogP contribution in [0.4, 0.5) is 0 Å². The van der Waals surface area contributed by atoms with Crippen molar-refractivity contribution < 1.29 is 13.2 Å². The predicted molar refractivity (Wildman–Crippen MR) is 95.2 cm³/mol. The number of nitrogens with zero attached hydrogens (tertiary/aromatic N) is 1. The highest BCUT2D eigenvalue weighted by molar-refractivity contribution is 9.10. The molecular weight excluding hydrogens is 378 g/mol. The standard InChI is InChI=1S/C17H18BrNO3S/c1-2-3-13-22-17(14-7-5-4-6-8-14)19-23(20,21)16-11-9-15(18)10-12-16/h4-12H,2-3,13H2,1H3/b19-17-. The average Bonchev–Trinajstić information content (AvgIpc) is 2.55. The fraction of sp³-hybridized carbons (Fsp3) is 0.235. The van der Waals surface area contributed by atoms with Crippen LogP contribution in [0, 0.1) is 0 Å². The molecule has 0 bridgehead atoms. The van der Waals surface area contributed by atoms with E-state index >= 15 is 0 Å². The van der Waals surface area contributed by atoms with Crippen LogP contribution in [-0.2, 0) is 14.8 Å². The van der Waals surface area contributed by atoms with E-state index < -0.39 is 10.0 Å². The Bertz CT molecular complexity index is 756. The van der Waals surface area contributed by atoms with Crippen LogP contribution in [-0.4, -0.2) is 20.9 Å². The van der Waals surface area contributed by atoms with Gasteiger partial charge >= 0.3 is 0 Å². The zero-order valence-electron chi connectivity index (χ0n) is 12.8. The van der Waals surface area contributed by atoms with Crippen molar-refractivity contribution in [3.8, 4) is 0 Å². The van der Waals surface area contributed by atoms with Crippen LogP contribution < -0.4 is 0 Å². The van der Waals surface area contributed by atoms with Gasteiger partial charge in [0.25, 0.3) is 10.0 Å². The number of ether oxygens (including phenoxy) is 1. The van der Waals surface area contributed by atoms with Crippen LogP contribution in [0.3, 0.4) is 0 Å². The first-order valence-electron chi connectivity index (χ1n) is 7.31. The SMILES string of the molecule is CCCCO/C(=N\S(=O)(=O)c1ccc(Br)cc1)c1ccccc1. The zero-order valence-corrected chi connectivity index (χ0v) is 15.2. The summed E-state index contributed by atoms with van der Waals surface area (Å²) in [6.07, 6.45) is 1.80. The maximum atomic E-state index is 12.5. The van der Waals surface area contributed by atoms with Crippen LogP contribution in [0.2, 0.25) is 0 Å². The molecule has 0 aliphatic rings. The van der Waals surface area contributed by atoms with Gasteiger partial charge in [0.2, 0.25) is 5.90 Å². The number of rotatable bonds is 6. The molecule has 6 heteroatoms. The quantitative estimate of drug-likeness (QED) is 0.413. The first kappa shape index (κ1) is 17.7. The third-order valence-corrected chi connectivity index (χ3v) is 4.87. The van der Waals surface area contributed by atoms with E-state index in [0.717, 1.165) is 17.3 Å². The van der Waals surface area contributed by atoms with Crippen LogP contribution >= 0.6 is 15.9 Å². The first-order valence-corrected chi connectivity index (χ1v) is 9.55. The summed E-state index contributed by atoms with van der Waals surface area (Å²) in [5.41, 5.74) is 0.643. The zero-order chi connectivity index (χ0) is 16.7. The highest BCUT2D eigenvalue weighted by Crippen LogP contribution is 2.18. The minimum absolute atomic E-state index is 0.127. The van der Waals surface area contributed by atoms with E-state index in [-0.39, 0.29) is 10.8 Å². The summed E-state index contributed by atoms with van der Waals surface area (Å²) < 4.78 is 35.3. The van der Waals surface area contributed by atoms with Crippen molar-refractivity contribution in [3.05, 3.63) is 64.6 Å². The van der Waals surface area contributed by atoms with Crippen molar-refractivity contribution >= 4 is 31.9 Å². The summed E-state index contributed by atoms with van der Waals surface area (Å²) in [7, 11) is -3.82. The number of hydrogen-bond donors (Lipinski definition) is 0. The van der Waals surface area contributed by atoms with E-state index in [0.29, 0.717) is 12.2 Å². The second-order valence-electron chi connectivity index (χ2n) is 4.89. The lowest BCUT2D eigenvalue weighted by molar-refractivity contribution is 0.298. The van der Waals surface area contributed by atoms with Crippen LogP contribution in [0.25, 0.3) is 0 Å². The van der Waals surface area contributed by atoms with E-state index in [1.807, 2.05) is 25.1 Å². The minimum atomic E-state index is -3.82. The van der Waals surface area contributed by atoms with Gasteiger partial charge in [0, 0.05) is 10.0 Å². The fourth-order valence-corrected chi connectivity index (χ4v) is 3.05. The fourth-order valence-electron chi connectivity index (χ4n) is 1.82. The number of sulfonamides is 1. The lowest BCUT2D eigenvalue weighted by atomic mass is 10.2. The molecule has 0 fully saturated rings. The molecule has 0 heterocycles. The normalized spacial score (nSPS) is 12.2. The number of hydrogen-bond acceptors (Lipinski definition) is 3. The van der Waals surface area contributed by atoms with Crippen molar-refractivity contribution in [2.45, 2.75) is 24.7 Å². The maximum absolute atomic E-state index is 12.5. The Morgan fingerprint density at radius 1 is 1.09 bits per heavy atom. The molecule has 0 saturated carbocycles. The van der Waals surface area contributed by atoms with Gasteiger partial charge in [0.1, 0.15) is 0 Å². The number of halogens is 1. The molecule has 4 nitrogen and oxygen atoms in total. The van der Waals surface area contributed by atoms with Crippen molar-refractivity contribution in [2.75, 3.05) is 6.61 Å². The van der Waals surface area contributed by atoms with Crippen molar-refractivity contribution in [1.29, 1.82) is 0 Å². The summed E-state index contributed by atoms with van der Waals surface area (Å²) in [5.74, 6) is 0.127. The number of unbranched alkanes of at least 4 members (excludes halogenated alkanes) is 1. The molecule has 0 amide bonds. The molecule has 0 unspecified atom stereocenters. The Morgan fingerprint density at radius 3 is 2.35 bits per heavy atom. The van der Waals surface area contributed by atoms with Crippen molar-refractivity contribution in [3.63, 3.8) is 0 Å². The van der Waals surface area contributed by atoms with Crippen LogP contribution in [0.1, 0.15) is 25.3 Å². The third-order valence-electron chi connectivity index (χ3n) is 3.07.